The van der Waals surface area contributed by atoms with Crippen molar-refractivity contribution in [3.8, 4) is 0 Å². The van der Waals surface area contributed by atoms with Gasteiger partial charge in [0.05, 0.1) is 34.4 Å². The van der Waals surface area contributed by atoms with E-state index in [2.05, 4.69) is 11.9 Å². The predicted octanol–water partition coefficient (Wildman–Crippen LogP) is 5.07. The highest BCUT2D eigenvalue weighted by Crippen LogP contribution is 2.60. The molecule has 0 aromatic heterocycles. The van der Waals surface area contributed by atoms with Crippen LogP contribution in [-0.4, -0.2) is 50.9 Å². The van der Waals surface area contributed by atoms with Gasteiger partial charge in [0.25, 0.3) is 0 Å². The fourth-order valence-corrected chi connectivity index (χ4v) is 9.59. The summed E-state index contributed by atoms with van der Waals surface area (Å²) in [6.07, 6.45) is -0.810. The first kappa shape index (κ1) is 27.9. The Hall–Kier alpha value is -1.70. The van der Waals surface area contributed by atoms with Crippen LogP contribution in [0.5, 0.6) is 0 Å². The zero-order valence-corrected chi connectivity index (χ0v) is 22.6. The number of nitrogens with zero attached hydrogens (tertiary/aromatic N) is 2. The van der Waals surface area contributed by atoms with Crippen LogP contribution in [0, 0.1) is 23.2 Å². The Labute approximate surface area is 229 Å². The molecule has 5 N–H and O–H groups in total. The minimum atomic E-state index is -4.70. The average molecular weight is 597 g/mol. The van der Waals surface area contributed by atoms with Gasteiger partial charge in [-0.3, -0.25) is 23.0 Å². The normalized spacial score (nSPS) is 33.3. The summed E-state index contributed by atoms with van der Waals surface area (Å²) in [5.74, 6) is -0.0541. The van der Waals surface area contributed by atoms with Gasteiger partial charge in [0.2, 0.25) is 11.8 Å². The molecule has 8 nitrogen and oxygen atoms in total. The largest absolute Gasteiger partial charge is 0.416 e. The molecular weight excluding hydrogens is 568 g/mol. The smallest absolute Gasteiger partial charge is 0.369 e. The van der Waals surface area contributed by atoms with Gasteiger partial charge in [-0.15, -0.1) is 0 Å². The summed E-state index contributed by atoms with van der Waals surface area (Å²) >= 11 is 12.3. The zero-order valence-electron chi connectivity index (χ0n) is 20.3. The quantitative estimate of drug-likeness (QED) is 0.352. The predicted molar refractivity (Wildman–Crippen MR) is 139 cm³/mol. The van der Waals surface area contributed by atoms with Crippen molar-refractivity contribution in [3.05, 3.63) is 39.9 Å². The molecule has 4 bridgehead atoms. The van der Waals surface area contributed by atoms with Gasteiger partial charge in [0, 0.05) is 18.0 Å². The fourth-order valence-electron chi connectivity index (χ4n) is 7.08. The monoisotopic (exact) mass is 596 g/mol. The van der Waals surface area contributed by atoms with Crippen LogP contribution in [0.1, 0.15) is 37.7 Å². The van der Waals surface area contributed by atoms with Crippen LogP contribution in [0.3, 0.4) is 0 Å². The lowest BCUT2D eigenvalue weighted by Crippen LogP contribution is -2.62. The first-order valence-electron chi connectivity index (χ1n) is 12.2. The highest BCUT2D eigenvalue weighted by Gasteiger charge is 2.58. The van der Waals surface area contributed by atoms with Crippen LogP contribution in [0.15, 0.2) is 24.3 Å². The molecule has 1 aromatic rings. The van der Waals surface area contributed by atoms with E-state index >= 15 is 0 Å². The van der Waals surface area contributed by atoms with E-state index in [9.17, 15) is 31.9 Å². The van der Waals surface area contributed by atoms with Crippen molar-refractivity contribution in [2.75, 3.05) is 23.9 Å². The van der Waals surface area contributed by atoms with Gasteiger partial charge in [-0.25, -0.2) is 0 Å². The van der Waals surface area contributed by atoms with Crippen LogP contribution in [0.25, 0.3) is 0 Å². The van der Waals surface area contributed by atoms with Crippen LogP contribution < -0.4 is 15.4 Å². The highest BCUT2D eigenvalue weighted by atomic mass is 35.5. The molecule has 5 aliphatic rings. The topological polar surface area (TPSA) is 119 Å². The van der Waals surface area contributed by atoms with E-state index in [4.69, 9.17) is 28.9 Å². The molecule has 0 radical (unpaired) electrons. The highest BCUT2D eigenvalue weighted by molar-refractivity contribution is 8.23. The van der Waals surface area contributed by atoms with Crippen molar-refractivity contribution in [2.45, 2.75) is 44.3 Å². The Balaban J connectivity index is 1.33. The maximum atomic E-state index is 13.2. The first-order chi connectivity index (χ1) is 17.6. The second kappa shape index (κ2) is 9.45. The number of hydrogen-bond acceptors (Lipinski definition) is 6. The van der Waals surface area contributed by atoms with Crippen molar-refractivity contribution in [1.29, 1.82) is 0 Å². The summed E-state index contributed by atoms with van der Waals surface area (Å²) in [7, 11) is -3.89. The first-order valence-corrected chi connectivity index (χ1v) is 14.5. The minimum Gasteiger partial charge on any atom is -0.369 e. The summed E-state index contributed by atoms with van der Waals surface area (Å²) in [6, 6.07) is 1.19. The summed E-state index contributed by atoms with van der Waals surface area (Å²) in [4.78, 5) is 25.4. The number of alkyl halides is 3. The maximum absolute atomic E-state index is 13.2. The second-order valence-corrected chi connectivity index (χ2v) is 13.8. The number of halogens is 5. The number of primary amides is 1. The molecule has 0 spiro atoms. The summed E-state index contributed by atoms with van der Waals surface area (Å²) < 4.78 is 64.0. The van der Waals surface area contributed by atoms with Crippen molar-refractivity contribution < 1.29 is 31.9 Å². The molecule has 5 fully saturated rings. The number of rotatable bonds is 5. The van der Waals surface area contributed by atoms with E-state index in [0.29, 0.717) is 36.5 Å². The lowest BCUT2D eigenvalue weighted by molar-refractivity contribution is -0.147. The molecule has 210 valence electrons. The van der Waals surface area contributed by atoms with Gasteiger partial charge in [-0.2, -0.15) is 17.5 Å². The van der Waals surface area contributed by atoms with E-state index in [1.807, 2.05) is 0 Å². The maximum Gasteiger partial charge on any atom is 0.416 e. The Morgan fingerprint density at radius 3 is 2.24 bits per heavy atom. The molecule has 6 rings (SSSR count). The molecule has 1 aliphatic heterocycles. The van der Waals surface area contributed by atoms with E-state index in [-0.39, 0.29) is 42.6 Å². The van der Waals surface area contributed by atoms with E-state index in [0.717, 1.165) is 27.9 Å². The fraction of sp³-hybridized carbons (Fsp3) is 0.583. The molecule has 1 saturated heterocycles. The number of hydrogen-bond donors (Lipinski definition) is 4. The van der Waals surface area contributed by atoms with Crippen LogP contribution in [-0.2, 0) is 15.8 Å². The van der Waals surface area contributed by atoms with Gasteiger partial charge >= 0.3 is 6.18 Å². The average Bonchev–Trinajstić information content (AvgIpc) is 2.78. The molecular formula is C24H29Cl2F3N4O4S. The van der Waals surface area contributed by atoms with E-state index in [1.54, 1.807) is 0 Å². The third-order valence-electron chi connectivity index (χ3n) is 8.45. The molecule has 38 heavy (non-hydrogen) atoms. The van der Waals surface area contributed by atoms with Crippen molar-refractivity contribution in [2.24, 2.45) is 28.9 Å². The van der Waals surface area contributed by atoms with Crippen molar-refractivity contribution in [1.82, 2.24) is 9.62 Å². The van der Waals surface area contributed by atoms with Gasteiger partial charge in [0.15, 0.2) is 0 Å². The van der Waals surface area contributed by atoms with Gasteiger partial charge in [-0.1, -0.05) is 29.8 Å². The van der Waals surface area contributed by atoms with Gasteiger partial charge in [0.1, 0.15) is 0 Å². The van der Waals surface area contributed by atoms with Crippen molar-refractivity contribution >= 4 is 51.7 Å². The number of nitrogens with two attached hydrogens (primary N) is 1. The Bertz CT molecular complexity index is 1160. The number of anilines is 1. The van der Waals surface area contributed by atoms with Gasteiger partial charge < -0.3 is 11.1 Å². The molecule has 2 atom stereocenters. The lowest BCUT2D eigenvalue weighted by Gasteiger charge is -2.59. The van der Waals surface area contributed by atoms with E-state index in [1.165, 1.54) is 0 Å². The number of benzene rings is 1. The lowest BCUT2D eigenvalue weighted by atomic mass is 9.47. The summed E-state index contributed by atoms with van der Waals surface area (Å²) in [5, 5.41) is 2.22. The van der Waals surface area contributed by atoms with Crippen LogP contribution >= 0.6 is 34.2 Å². The number of carbonyl (C=O) groups is 2. The Kier molecular flexibility index (Phi) is 6.92. The number of nitrogens with one attached hydrogen (secondary N) is 1. The number of amides is 2. The molecule has 4 saturated carbocycles. The number of carbonyl (C=O) groups excluding carboxylic acids is 2. The molecule has 4 aliphatic carbocycles. The van der Waals surface area contributed by atoms with Crippen LogP contribution in [0.4, 0.5) is 18.9 Å². The summed E-state index contributed by atoms with van der Waals surface area (Å²) in [6.45, 7) is 3.35. The second-order valence-electron chi connectivity index (χ2n) is 11.1. The molecule has 2 unspecified atom stereocenters. The van der Waals surface area contributed by atoms with E-state index < -0.39 is 50.6 Å². The standard InChI is InChI=1S/C24H29Cl2F3N4O4S/c1-12-9-32(38(36,37)33(10-12)21-17(25)4-16(5-18(21)26)24(27,28)29)11-19(34)31-20-14-2-13-3-15(20)8-23(6-13,7-14)22(30)35/h4-5,13-15,20,36-37H,1-3,6-11H2,(H2,30,35)(H,31,34). The SMILES string of the molecule is C=C1CN(CC(=O)NC2C3CC4CC2CC(C(N)=O)(C4)C3)S(O)(O)N(c2c(Cl)cc(C(F)(F)F)cc2Cl)C1. The Morgan fingerprint density at radius 2 is 1.71 bits per heavy atom. The molecule has 14 heteroatoms. The van der Waals surface area contributed by atoms with Gasteiger partial charge in [-0.05, 0) is 78.5 Å². The summed E-state index contributed by atoms with van der Waals surface area (Å²) in [5.41, 5.74) is 4.46. The zero-order chi connectivity index (χ0) is 27.8. The van der Waals surface area contributed by atoms with Crippen LogP contribution in [0.2, 0.25) is 10.0 Å². The molecule has 1 aromatic carbocycles. The molecule has 1 heterocycles. The van der Waals surface area contributed by atoms with Crippen molar-refractivity contribution in [3.63, 3.8) is 0 Å². The third kappa shape index (κ3) is 4.77. The Morgan fingerprint density at radius 1 is 1.13 bits per heavy atom. The molecule has 2 amide bonds. The third-order valence-corrected chi connectivity index (χ3v) is 10.9. The minimum absolute atomic E-state index is 0.0213.